The number of unbranched alkanes of at least 4 members (excludes halogenated alkanes) is 5. The van der Waals surface area contributed by atoms with E-state index in [1.807, 2.05) is 0 Å². The SMILES string of the molecule is COC1=CC(=O)C(OC)=C(CCCCCCCCO)C1=O. The molecule has 0 amide bonds. The third-order valence-corrected chi connectivity index (χ3v) is 3.52. The van der Waals surface area contributed by atoms with Crippen LogP contribution in [0.15, 0.2) is 23.2 Å². The molecule has 0 bridgehead atoms. The first kappa shape index (κ1) is 17.4. The smallest absolute Gasteiger partial charge is 0.227 e. The summed E-state index contributed by atoms with van der Waals surface area (Å²) in [6.45, 7) is 0.243. The maximum Gasteiger partial charge on any atom is 0.227 e. The van der Waals surface area contributed by atoms with Gasteiger partial charge in [-0.2, -0.15) is 0 Å². The lowest BCUT2D eigenvalue weighted by atomic mass is 9.94. The van der Waals surface area contributed by atoms with Crippen molar-refractivity contribution < 1.29 is 24.2 Å². The molecule has 1 aliphatic carbocycles. The van der Waals surface area contributed by atoms with Crippen molar-refractivity contribution in [2.24, 2.45) is 0 Å². The highest BCUT2D eigenvalue weighted by Gasteiger charge is 2.29. The average Bonchev–Trinajstić information content (AvgIpc) is 2.49. The minimum absolute atomic E-state index is 0.0822. The van der Waals surface area contributed by atoms with Crippen molar-refractivity contribution in [3.8, 4) is 0 Å². The van der Waals surface area contributed by atoms with E-state index in [1.165, 1.54) is 20.3 Å². The molecular weight excluding hydrogens is 272 g/mol. The molecule has 0 fully saturated rings. The van der Waals surface area contributed by atoms with E-state index in [4.69, 9.17) is 14.6 Å². The van der Waals surface area contributed by atoms with E-state index in [1.54, 1.807) is 0 Å². The first-order valence-corrected chi connectivity index (χ1v) is 7.38. The second-order valence-electron chi connectivity index (χ2n) is 5.01. The zero-order valence-electron chi connectivity index (χ0n) is 12.8. The van der Waals surface area contributed by atoms with Gasteiger partial charge in [0.15, 0.2) is 11.5 Å². The molecule has 118 valence electrons. The number of ketones is 2. The molecule has 0 atom stereocenters. The first-order chi connectivity index (χ1) is 10.2. The molecule has 1 rings (SSSR count). The number of methoxy groups -OCH3 is 2. The monoisotopic (exact) mass is 296 g/mol. The standard InChI is InChI=1S/C16H24O5/c1-20-14-11-13(18)16(21-2)12(15(14)19)9-7-5-3-4-6-8-10-17/h11,17H,3-10H2,1-2H3. The highest BCUT2D eigenvalue weighted by atomic mass is 16.5. The second kappa shape index (κ2) is 9.34. The molecule has 0 heterocycles. The van der Waals surface area contributed by atoms with Crippen molar-refractivity contribution >= 4 is 11.6 Å². The number of ether oxygens (including phenoxy) is 2. The van der Waals surface area contributed by atoms with Gasteiger partial charge in [0, 0.05) is 18.3 Å². The van der Waals surface area contributed by atoms with Crippen molar-refractivity contribution in [3.63, 3.8) is 0 Å². The Bertz CT molecular complexity index is 434. The fourth-order valence-corrected chi connectivity index (χ4v) is 2.37. The molecule has 1 aliphatic rings. The van der Waals surface area contributed by atoms with Crippen molar-refractivity contribution in [1.82, 2.24) is 0 Å². The summed E-state index contributed by atoms with van der Waals surface area (Å²) in [4.78, 5) is 24.0. The molecule has 21 heavy (non-hydrogen) atoms. The molecule has 0 aliphatic heterocycles. The third-order valence-electron chi connectivity index (χ3n) is 3.52. The van der Waals surface area contributed by atoms with E-state index < -0.39 is 0 Å². The molecule has 5 heteroatoms. The number of carbonyl (C=O) groups is 2. The Balaban J connectivity index is 2.50. The molecular formula is C16H24O5. The van der Waals surface area contributed by atoms with Gasteiger partial charge in [-0.3, -0.25) is 9.59 Å². The van der Waals surface area contributed by atoms with E-state index in [-0.39, 0.29) is 29.7 Å². The molecule has 0 aromatic heterocycles. The molecule has 1 N–H and O–H groups in total. The molecule has 5 nitrogen and oxygen atoms in total. The summed E-state index contributed by atoms with van der Waals surface area (Å²) in [7, 11) is 2.79. The quantitative estimate of drug-likeness (QED) is 0.494. The van der Waals surface area contributed by atoms with Gasteiger partial charge in [0.1, 0.15) is 0 Å². The predicted octanol–water partition coefficient (Wildman–Crippen LogP) is 2.29. The third kappa shape index (κ3) is 5.01. The Morgan fingerprint density at radius 2 is 1.57 bits per heavy atom. The number of Topliss-reactive ketones (excluding diaryl/α,β-unsaturated/α-hetero) is 1. The van der Waals surface area contributed by atoms with Gasteiger partial charge in [-0.05, 0) is 19.3 Å². The van der Waals surface area contributed by atoms with E-state index in [0.717, 1.165) is 38.5 Å². The maximum atomic E-state index is 12.2. The van der Waals surface area contributed by atoms with Gasteiger partial charge in [0.05, 0.1) is 14.2 Å². The van der Waals surface area contributed by atoms with Gasteiger partial charge in [0.2, 0.25) is 11.6 Å². The normalized spacial score (nSPS) is 15.3. The summed E-state index contributed by atoms with van der Waals surface area (Å²) in [5.41, 5.74) is 0.414. The number of aliphatic hydroxyl groups excluding tert-OH is 1. The summed E-state index contributed by atoms with van der Waals surface area (Å²) in [5, 5.41) is 8.69. The number of hydrogen-bond acceptors (Lipinski definition) is 5. The lowest BCUT2D eigenvalue weighted by Gasteiger charge is -2.17. The van der Waals surface area contributed by atoms with E-state index >= 15 is 0 Å². The Kier molecular flexibility index (Phi) is 7.75. The van der Waals surface area contributed by atoms with Crippen LogP contribution in [0.3, 0.4) is 0 Å². The van der Waals surface area contributed by atoms with Crippen molar-refractivity contribution in [2.75, 3.05) is 20.8 Å². The molecule has 0 saturated carbocycles. The fourth-order valence-electron chi connectivity index (χ4n) is 2.37. The molecule has 0 saturated heterocycles. The predicted molar refractivity (Wildman–Crippen MR) is 78.5 cm³/mol. The minimum Gasteiger partial charge on any atom is -0.493 e. The number of hydrogen-bond donors (Lipinski definition) is 1. The highest BCUT2D eigenvalue weighted by molar-refractivity contribution is 6.21. The molecule has 0 aromatic carbocycles. The van der Waals surface area contributed by atoms with Crippen LogP contribution < -0.4 is 0 Å². The minimum atomic E-state index is -0.313. The Morgan fingerprint density at radius 1 is 0.952 bits per heavy atom. The fraction of sp³-hybridized carbons (Fsp3) is 0.625. The number of carbonyl (C=O) groups excluding carboxylic acids is 2. The second-order valence-corrected chi connectivity index (χ2v) is 5.01. The Morgan fingerprint density at radius 3 is 2.14 bits per heavy atom. The van der Waals surface area contributed by atoms with Crippen LogP contribution in [-0.2, 0) is 19.1 Å². The van der Waals surface area contributed by atoms with Crippen LogP contribution in [0, 0.1) is 0 Å². The van der Waals surface area contributed by atoms with E-state index in [2.05, 4.69) is 0 Å². The molecule has 0 unspecified atom stereocenters. The summed E-state index contributed by atoms with van der Waals surface area (Å²) in [6, 6.07) is 0. The van der Waals surface area contributed by atoms with Gasteiger partial charge in [-0.25, -0.2) is 0 Å². The van der Waals surface area contributed by atoms with Crippen molar-refractivity contribution in [3.05, 3.63) is 23.2 Å². The van der Waals surface area contributed by atoms with Crippen LogP contribution >= 0.6 is 0 Å². The first-order valence-electron chi connectivity index (χ1n) is 7.38. The summed E-state index contributed by atoms with van der Waals surface area (Å²) < 4.78 is 10.0. The number of allylic oxidation sites excluding steroid dienone is 2. The van der Waals surface area contributed by atoms with Crippen LogP contribution in [0.4, 0.5) is 0 Å². The zero-order chi connectivity index (χ0) is 15.7. The Labute approximate surface area is 125 Å². The van der Waals surface area contributed by atoms with E-state index in [9.17, 15) is 9.59 Å². The highest BCUT2D eigenvalue weighted by Crippen LogP contribution is 2.25. The Hall–Kier alpha value is -1.62. The van der Waals surface area contributed by atoms with Crippen LogP contribution in [0.25, 0.3) is 0 Å². The lowest BCUT2D eigenvalue weighted by molar-refractivity contribution is -0.120. The van der Waals surface area contributed by atoms with Crippen LogP contribution in [-0.4, -0.2) is 37.5 Å². The van der Waals surface area contributed by atoms with Crippen LogP contribution in [0.2, 0.25) is 0 Å². The molecule has 0 spiro atoms. The average molecular weight is 296 g/mol. The molecule has 0 radical (unpaired) electrons. The summed E-state index contributed by atoms with van der Waals surface area (Å²) in [6.07, 6.45) is 7.52. The van der Waals surface area contributed by atoms with Crippen molar-refractivity contribution in [1.29, 1.82) is 0 Å². The number of rotatable bonds is 10. The summed E-state index contributed by atoms with van der Waals surface area (Å²) in [5.74, 6) is -0.346. The van der Waals surface area contributed by atoms with Gasteiger partial charge < -0.3 is 14.6 Å². The number of aliphatic hydroxyl groups is 1. The lowest BCUT2D eigenvalue weighted by Crippen LogP contribution is -2.21. The largest absolute Gasteiger partial charge is 0.493 e. The topological polar surface area (TPSA) is 72.8 Å². The van der Waals surface area contributed by atoms with Crippen molar-refractivity contribution in [2.45, 2.75) is 44.9 Å². The van der Waals surface area contributed by atoms with Gasteiger partial charge in [0.25, 0.3) is 0 Å². The maximum absolute atomic E-state index is 12.2. The van der Waals surface area contributed by atoms with Gasteiger partial charge in [-0.1, -0.05) is 25.7 Å². The van der Waals surface area contributed by atoms with Crippen LogP contribution in [0.5, 0.6) is 0 Å². The zero-order valence-corrected chi connectivity index (χ0v) is 12.8. The van der Waals surface area contributed by atoms with Crippen LogP contribution in [0.1, 0.15) is 44.9 Å². The van der Waals surface area contributed by atoms with Gasteiger partial charge in [-0.15, -0.1) is 0 Å². The van der Waals surface area contributed by atoms with E-state index in [0.29, 0.717) is 12.0 Å². The van der Waals surface area contributed by atoms with Gasteiger partial charge >= 0.3 is 0 Å². The molecule has 0 aromatic rings. The summed E-state index contributed by atoms with van der Waals surface area (Å²) >= 11 is 0.